The second-order valence-corrected chi connectivity index (χ2v) is 11.1. The molecule has 43 heavy (non-hydrogen) atoms. The number of hydrogen-bond donors (Lipinski definition) is 1. The van der Waals surface area contributed by atoms with Crippen LogP contribution in [0.1, 0.15) is 37.9 Å². The Bertz CT molecular complexity index is 1840. The molecule has 222 valence electrons. The Morgan fingerprint density at radius 3 is 2.56 bits per heavy atom. The summed E-state index contributed by atoms with van der Waals surface area (Å²) in [7, 11) is 0. The molecule has 1 saturated heterocycles. The number of aliphatic carboxylic acids is 1. The highest BCUT2D eigenvalue weighted by Crippen LogP contribution is 2.36. The number of carboxylic acid groups (broad SMARTS) is 1. The van der Waals surface area contributed by atoms with Gasteiger partial charge in [-0.1, -0.05) is 37.6 Å². The van der Waals surface area contributed by atoms with Gasteiger partial charge in [-0.3, -0.25) is 9.78 Å². The van der Waals surface area contributed by atoms with E-state index in [0.717, 1.165) is 17.7 Å². The first-order chi connectivity index (χ1) is 20.5. The van der Waals surface area contributed by atoms with Crippen LogP contribution in [0.25, 0.3) is 28.0 Å². The fraction of sp³-hybridized carbons (Fsp3) is 0.290. The zero-order chi connectivity index (χ0) is 31.0. The van der Waals surface area contributed by atoms with Crippen LogP contribution in [-0.4, -0.2) is 67.1 Å². The van der Waals surface area contributed by atoms with Gasteiger partial charge in [0, 0.05) is 49.6 Å². The van der Waals surface area contributed by atoms with Gasteiger partial charge in [0.1, 0.15) is 11.6 Å². The molecule has 1 aliphatic rings. The Hall–Kier alpha value is -4.64. The Kier molecular flexibility index (Phi) is 8.27. The van der Waals surface area contributed by atoms with E-state index in [1.807, 2.05) is 32.6 Å². The number of carbonyl (C=O) groups is 2. The van der Waals surface area contributed by atoms with Crippen LogP contribution in [0, 0.1) is 12.7 Å². The summed E-state index contributed by atoms with van der Waals surface area (Å²) >= 11 is 6.75. The van der Waals surface area contributed by atoms with Gasteiger partial charge in [0.25, 0.3) is 0 Å². The molecule has 4 heterocycles. The number of aryl methyl sites for hydroxylation is 1. The predicted octanol–water partition coefficient (Wildman–Crippen LogP) is 4.74. The smallest absolute Gasteiger partial charge is 0.355 e. The van der Waals surface area contributed by atoms with Crippen LogP contribution in [0.2, 0.25) is 5.02 Å². The van der Waals surface area contributed by atoms with E-state index in [-0.39, 0.29) is 47.0 Å². The fourth-order valence-electron chi connectivity index (χ4n) is 5.37. The van der Waals surface area contributed by atoms with Crippen LogP contribution in [-0.2, 0) is 9.59 Å². The molecule has 10 nitrogen and oxygen atoms in total. The Morgan fingerprint density at radius 1 is 1.14 bits per heavy atom. The quantitative estimate of drug-likeness (QED) is 0.313. The van der Waals surface area contributed by atoms with E-state index in [1.165, 1.54) is 10.6 Å². The number of aromatic nitrogens is 4. The average Bonchev–Trinajstić information content (AvgIpc) is 2.96. The summed E-state index contributed by atoms with van der Waals surface area (Å²) < 4.78 is 16.4. The van der Waals surface area contributed by atoms with Crippen molar-refractivity contribution in [3.63, 3.8) is 0 Å². The number of amides is 1. The molecular weight excluding hydrogens is 575 g/mol. The maximum Gasteiger partial charge on any atom is 0.355 e. The lowest BCUT2D eigenvalue weighted by molar-refractivity contribution is -0.132. The SMILES string of the molecule is Cc1ccnc(C(C)C)c1-n1c(=O)nc(N2CCN(C(=O)/C=C/C(=O)O)CC2C)c2cc(Cl)c(-c3ccccc3F)nc21. The van der Waals surface area contributed by atoms with E-state index in [1.54, 1.807) is 41.4 Å². The van der Waals surface area contributed by atoms with E-state index in [9.17, 15) is 18.8 Å². The topological polar surface area (TPSA) is 122 Å². The second-order valence-electron chi connectivity index (χ2n) is 10.7. The first-order valence-corrected chi connectivity index (χ1v) is 14.2. The summed E-state index contributed by atoms with van der Waals surface area (Å²) in [6, 6.07) is 9.30. The van der Waals surface area contributed by atoms with Crippen molar-refractivity contribution in [2.24, 2.45) is 0 Å². The van der Waals surface area contributed by atoms with Crippen LogP contribution >= 0.6 is 11.6 Å². The minimum Gasteiger partial charge on any atom is -0.478 e. The molecule has 1 amide bonds. The monoisotopic (exact) mass is 604 g/mol. The molecule has 3 aromatic heterocycles. The van der Waals surface area contributed by atoms with E-state index in [0.29, 0.717) is 29.1 Å². The first kappa shape index (κ1) is 29.8. The van der Waals surface area contributed by atoms with E-state index in [2.05, 4.69) is 9.97 Å². The van der Waals surface area contributed by atoms with Crippen molar-refractivity contribution < 1.29 is 19.1 Å². The number of anilines is 1. The number of benzene rings is 1. The van der Waals surface area contributed by atoms with Crippen molar-refractivity contribution in [2.75, 3.05) is 24.5 Å². The highest BCUT2D eigenvalue weighted by Gasteiger charge is 2.30. The number of fused-ring (bicyclic) bond motifs is 1. The van der Waals surface area contributed by atoms with E-state index >= 15 is 0 Å². The molecule has 0 spiro atoms. The molecule has 0 bridgehead atoms. The summed E-state index contributed by atoms with van der Waals surface area (Å²) in [5.41, 5.74) is 2.03. The molecule has 4 aromatic rings. The number of halogens is 2. The zero-order valence-corrected chi connectivity index (χ0v) is 24.8. The molecule has 0 saturated carbocycles. The highest BCUT2D eigenvalue weighted by molar-refractivity contribution is 6.33. The lowest BCUT2D eigenvalue weighted by Crippen LogP contribution is -2.54. The number of hydrogen-bond acceptors (Lipinski definition) is 7. The van der Waals surface area contributed by atoms with Crippen molar-refractivity contribution >= 4 is 40.3 Å². The predicted molar refractivity (Wildman–Crippen MR) is 162 cm³/mol. The normalized spacial score (nSPS) is 15.6. The number of piperazine rings is 1. The third-order valence-corrected chi connectivity index (χ3v) is 7.72. The second kappa shape index (κ2) is 11.9. The molecule has 1 aliphatic heterocycles. The maximum absolute atomic E-state index is 14.9. The van der Waals surface area contributed by atoms with Crippen molar-refractivity contribution in [3.05, 3.63) is 87.3 Å². The van der Waals surface area contributed by atoms with Gasteiger partial charge in [-0.2, -0.15) is 4.98 Å². The Morgan fingerprint density at radius 2 is 1.88 bits per heavy atom. The van der Waals surface area contributed by atoms with Crippen LogP contribution in [0.3, 0.4) is 0 Å². The van der Waals surface area contributed by atoms with Crippen LogP contribution < -0.4 is 10.6 Å². The van der Waals surface area contributed by atoms with Crippen LogP contribution in [0.4, 0.5) is 10.2 Å². The maximum atomic E-state index is 14.9. The van der Waals surface area contributed by atoms with Crippen molar-refractivity contribution in [2.45, 2.75) is 39.7 Å². The lowest BCUT2D eigenvalue weighted by atomic mass is 10.0. The standard InChI is InChI=1S/C31H30ClFN6O4/c1-17(2)26-28(18(3)11-12-34-26)39-30-21(15-22(32)27(35-30)20-7-5-6-8-23(20)33)29(36-31(39)43)38-14-13-37(16-19(38)4)24(40)9-10-25(41)42/h5-12,15,17,19H,13-14,16H2,1-4H3,(H,41,42)/b10-9+. The number of carbonyl (C=O) groups excluding carboxylic acids is 1. The first-order valence-electron chi connectivity index (χ1n) is 13.8. The zero-order valence-electron chi connectivity index (χ0n) is 24.1. The molecule has 12 heteroatoms. The number of pyridine rings is 2. The largest absolute Gasteiger partial charge is 0.478 e. The summed E-state index contributed by atoms with van der Waals surface area (Å²) in [5, 5.41) is 9.53. The Labute approximate surface area is 252 Å². The van der Waals surface area contributed by atoms with Gasteiger partial charge >= 0.3 is 11.7 Å². The molecule has 1 fully saturated rings. The van der Waals surface area contributed by atoms with Crippen LogP contribution in [0.5, 0.6) is 0 Å². The van der Waals surface area contributed by atoms with E-state index in [4.69, 9.17) is 21.7 Å². The van der Waals surface area contributed by atoms with Gasteiger partial charge in [-0.05, 0) is 49.6 Å². The molecule has 1 atom stereocenters. The molecule has 0 aliphatic carbocycles. The molecule has 1 unspecified atom stereocenters. The summed E-state index contributed by atoms with van der Waals surface area (Å²) in [4.78, 5) is 54.7. The summed E-state index contributed by atoms with van der Waals surface area (Å²) in [5.74, 6) is -1.84. The third-order valence-electron chi connectivity index (χ3n) is 7.43. The van der Waals surface area contributed by atoms with Crippen molar-refractivity contribution in [3.8, 4) is 16.9 Å². The number of carboxylic acids is 1. The minimum absolute atomic E-state index is 0.0318. The van der Waals surface area contributed by atoms with Gasteiger partial charge in [0.05, 0.1) is 27.5 Å². The van der Waals surface area contributed by atoms with Gasteiger partial charge in [-0.15, -0.1) is 0 Å². The van der Waals surface area contributed by atoms with Gasteiger partial charge < -0.3 is 14.9 Å². The fourth-order valence-corrected chi connectivity index (χ4v) is 5.63. The van der Waals surface area contributed by atoms with Crippen LogP contribution in [0.15, 0.2) is 59.5 Å². The van der Waals surface area contributed by atoms with Crippen molar-refractivity contribution in [1.82, 2.24) is 24.4 Å². The highest BCUT2D eigenvalue weighted by atomic mass is 35.5. The van der Waals surface area contributed by atoms with Gasteiger partial charge in [0.15, 0.2) is 5.65 Å². The van der Waals surface area contributed by atoms with E-state index < -0.39 is 23.4 Å². The third kappa shape index (κ3) is 5.72. The molecule has 1 aromatic carbocycles. The average molecular weight is 605 g/mol. The van der Waals surface area contributed by atoms with Gasteiger partial charge in [-0.25, -0.2) is 23.5 Å². The summed E-state index contributed by atoms with van der Waals surface area (Å²) in [6.45, 7) is 8.56. The number of rotatable bonds is 6. The van der Waals surface area contributed by atoms with Crippen molar-refractivity contribution in [1.29, 1.82) is 0 Å². The molecule has 5 rings (SSSR count). The molecule has 0 radical (unpaired) electrons. The lowest BCUT2D eigenvalue weighted by Gasteiger charge is -2.40. The molecule has 1 N–H and O–H groups in total. The minimum atomic E-state index is -1.21. The molecular formula is C31H30ClFN6O4. The number of nitrogens with zero attached hydrogens (tertiary/aromatic N) is 6. The van der Waals surface area contributed by atoms with Gasteiger partial charge in [0.2, 0.25) is 5.91 Å². The summed E-state index contributed by atoms with van der Waals surface area (Å²) in [6.07, 6.45) is 3.52. The Balaban J connectivity index is 1.73.